The summed E-state index contributed by atoms with van der Waals surface area (Å²) in [6, 6.07) is 1.40. The molecule has 0 unspecified atom stereocenters. The van der Waals surface area contributed by atoms with Crippen molar-refractivity contribution in [2.24, 2.45) is 5.73 Å². The molecule has 0 bridgehead atoms. The smallest absolute Gasteiger partial charge is 0.250 e. The molecule has 4 nitrogen and oxygen atoms in total. The minimum atomic E-state index is -3.45. The summed E-state index contributed by atoms with van der Waals surface area (Å²) in [5, 5.41) is 0.392. The lowest BCUT2D eigenvalue weighted by Crippen LogP contribution is -2.28. The maximum Gasteiger partial charge on any atom is 0.250 e. The molecular weight excluding hydrogens is 312 g/mol. The molecule has 0 saturated heterocycles. The van der Waals surface area contributed by atoms with Crippen molar-refractivity contribution in [1.82, 2.24) is 4.72 Å². The predicted octanol–water partition coefficient (Wildman–Crippen LogP) is 1.40. The van der Waals surface area contributed by atoms with Crippen LogP contribution in [-0.2, 0) is 10.0 Å². The van der Waals surface area contributed by atoms with E-state index in [1.165, 1.54) is 6.07 Å². The van der Waals surface area contributed by atoms with Gasteiger partial charge in [0, 0.05) is 13.1 Å². The number of hydrogen-bond donors (Lipinski definition) is 2. The Morgan fingerprint density at radius 2 is 2.29 bits per heavy atom. The highest BCUT2D eigenvalue weighted by Gasteiger charge is 2.17. The number of rotatable bonds is 4. The summed E-state index contributed by atoms with van der Waals surface area (Å²) in [6.07, 6.45) is 0. The van der Waals surface area contributed by atoms with Crippen LogP contribution in [0.2, 0.25) is 5.02 Å². The Labute approximate surface area is 99.6 Å². The molecule has 0 aliphatic rings. The van der Waals surface area contributed by atoms with Gasteiger partial charge in [0.05, 0.1) is 8.81 Å². The summed E-state index contributed by atoms with van der Waals surface area (Å²) in [7, 11) is -3.45. The third-order valence-corrected chi connectivity index (χ3v) is 5.73. The van der Waals surface area contributed by atoms with E-state index >= 15 is 0 Å². The molecule has 0 fully saturated rings. The van der Waals surface area contributed by atoms with Crippen LogP contribution in [0.1, 0.15) is 0 Å². The molecule has 80 valence electrons. The Morgan fingerprint density at radius 1 is 1.64 bits per heavy atom. The average Bonchev–Trinajstić information content (AvgIpc) is 2.45. The summed E-state index contributed by atoms with van der Waals surface area (Å²) in [4.78, 5) is 0. The van der Waals surface area contributed by atoms with Gasteiger partial charge in [-0.15, -0.1) is 11.3 Å². The quantitative estimate of drug-likeness (QED) is 0.881. The molecule has 0 saturated carbocycles. The molecule has 1 rings (SSSR count). The first kappa shape index (κ1) is 12.4. The predicted molar refractivity (Wildman–Crippen MR) is 61.3 cm³/mol. The van der Waals surface area contributed by atoms with Crippen molar-refractivity contribution in [3.05, 3.63) is 14.9 Å². The van der Waals surface area contributed by atoms with Crippen LogP contribution in [0, 0.1) is 0 Å². The SMILES string of the molecule is NCCNS(=O)(=O)c1cc(Cl)c(Br)s1. The van der Waals surface area contributed by atoms with Gasteiger partial charge in [-0.25, -0.2) is 13.1 Å². The molecular formula is C6H8BrClN2O2S2. The highest BCUT2D eigenvalue weighted by Crippen LogP contribution is 2.34. The highest BCUT2D eigenvalue weighted by molar-refractivity contribution is 9.11. The molecule has 0 radical (unpaired) electrons. The highest BCUT2D eigenvalue weighted by atomic mass is 79.9. The second-order valence-electron chi connectivity index (χ2n) is 2.37. The standard InChI is InChI=1S/C6H8BrClN2O2S2/c7-6-4(8)3-5(13-6)14(11,12)10-2-1-9/h3,10H,1-2,9H2. The van der Waals surface area contributed by atoms with Crippen molar-refractivity contribution in [1.29, 1.82) is 0 Å². The van der Waals surface area contributed by atoms with E-state index in [2.05, 4.69) is 20.7 Å². The van der Waals surface area contributed by atoms with Gasteiger partial charge in [0.25, 0.3) is 0 Å². The number of halogens is 2. The van der Waals surface area contributed by atoms with Crippen molar-refractivity contribution in [2.45, 2.75) is 4.21 Å². The zero-order chi connectivity index (χ0) is 10.8. The van der Waals surface area contributed by atoms with Crippen LogP contribution in [0.25, 0.3) is 0 Å². The van der Waals surface area contributed by atoms with E-state index in [0.717, 1.165) is 11.3 Å². The van der Waals surface area contributed by atoms with Gasteiger partial charge in [-0.3, -0.25) is 0 Å². The van der Waals surface area contributed by atoms with Gasteiger partial charge in [-0.05, 0) is 22.0 Å². The van der Waals surface area contributed by atoms with Gasteiger partial charge in [-0.2, -0.15) is 0 Å². The van der Waals surface area contributed by atoms with E-state index in [1.807, 2.05) is 0 Å². The molecule has 3 N–H and O–H groups in total. The zero-order valence-electron chi connectivity index (χ0n) is 6.96. The Morgan fingerprint density at radius 3 is 2.71 bits per heavy atom. The van der Waals surface area contributed by atoms with Gasteiger partial charge in [0.15, 0.2) is 0 Å². The van der Waals surface area contributed by atoms with Gasteiger partial charge in [-0.1, -0.05) is 11.6 Å². The van der Waals surface area contributed by atoms with Crippen molar-refractivity contribution in [3.8, 4) is 0 Å². The van der Waals surface area contributed by atoms with Crippen molar-refractivity contribution < 1.29 is 8.42 Å². The van der Waals surface area contributed by atoms with Crippen LogP contribution in [0.4, 0.5) is 0 Å². The van der Waals surface area contributed by atoms with E-state index in [1.54, 1.807) is 0 Å². The number of thiophene rings is 1. The fourth-order valence-corrected chi connectivity index (χ4v) is 4.21. The molecule has 0 aliphatic carbocycles. The second kappa shape index (κ2) is 4.91. The lowest BCUT2D eigenvalue weighted by atomic mass is 10.7. The van der Waals surface area contributed by atoms with E-state index in [-0.39, 0.29) is 17.3 Å². The fourth-order valence-electron chi connectivity index (χ4n) is 0.724. The monoisotopic (exact) mass is 318 g/mol. The number of sulfonamides is 1. The molecule has 0 amide bonds. The van der Waals surface area contributed by atoms with Crippen molar-refractivity contribution in [3.63, 3.8) is 0 Å². The van der Waals surface area contributed by atoms with Crippen LogP contribution in [0.3, 0.4) is 0 Å². The van der Waals surface area contributed by atoms with Gasteiger partial charge < -0.3 is 5.73 Å². The lowest BCUT2D eigenvalue weighted by molar-refractivity contribution is 0.584. The molecule has 14 heavy (non-hydrogen) atoms. The summed E-state index contributed by atoms with van der Waals surface area (Å²) in [6.45, 7) is 0.481. The summed E-state index contributed by atoms with van der Waals surface area (Å²) < 4.78 is 26.2. The van der Waals surface area contributed by atoms with E-state index < -0.39 is 10.0 Å². The van der Waals surface area contributed by atoms with Crippen LogP contribution in [0.15, 0.2) is 14.1 Å². The second-order valence-corrected chi connectivity index (χ2v) is 7.14. The van der Waals surface area contributed by atoms with Gasteiger partial charge >= 0.3 is 0 Å². The Hall–Kier alpha value is 0.340. The van der Waals surface area contributed by atoms with E-state index in [4.69, 9.17) is 17.3 Å². The van der Waals surface area contributed by atoms with Crippen LogP contribution in [-0.4, -0.2) is 21.5 Å². The van der Waals surface area contributed by atoms with Crippen molar-refractivity contribution in [2.75, 3.05) is 13.1 Å². The Kier molecular flexibility index (Phi) is 4.35. The first-order valence-corrected chi connectivity index (χ1v) is 7.09. The molecule has 0 aliphatic heterocycles. The molecule has 1 aromatic heterocycles. The fraction of sp³-hybridized carbons (Fsp3) is 0.333. The van der Waals surface area contributed by atoms with Crippen molar-refractivity contribution >= 4 is 48.9 Å². The summed E-state index contributed by atoms with van der Waals surface area (Å²) in [5.41, 5.74) is 5.19. The molecule has 0 spiro atoms. The Balaban J connectivity index is 2.93. The van der Waals surface area contributed by atoms with Gasteiger partial charge in [0.1, 0.15) is 4.21 Å². The largest absolute Gasteiger partial charge is 0.329 e. The summed E-state index contributed by atoms with van der Waals surface area (Å²) >= 11 is 9.93. The number of nitrogens with two attached hydrogens (primary N) is 1. The maximum atomic E-state index is 11.5. The normalized spacial score (nSPS) is 11.9. The van der Waals surface area contributed by atoms with E-state index in [9.17, 15) is 8.42 Å². The molecule has 1 heterocycles. The molecule has 0 atom stereocenters. The van der Waals surface area contributed by atoms with Gasteiger partial charge in [0.2, 0.25) is 10.0 Å². The maximum absolute atomic E-state index is 11.5. The first-order valence-electron chi connectivity index (χ1n) is 3.62. The third kappa shape index (κ3) is 2.91. The zero-order valence-corrected chi connectivity index (χ0v) is 10.9. The summed E-state index contributed by atoms with van der Waals surface area (Å²) in [5.74, 6) is 0. The first-order chi connectivity index (χ1) is 6.47. The minimum Gasteiger partial charge on any atom is -0.329 e. The minimum absolute atomic E-state index is 0.183. The van der Waals surface area contributed by atoms with E-state index in [0.29, 0.717) is 8.81 Å². The van der Waals surface area contributed by atoms with Crippen LogP contribution in [0.5, 0.6) is 0 Å². The van der Waals surface area contributed by atoms with Crippen LogP contribution >= 0.6 is 38.9 Å². The average molecular weight is 320 g/mol. The van der Waals surface area contributed by atoms with Crippen LogP contribution < -0.4 is 10.5 Å². The Bertz CT molecular complexity index is 398. The number of nitrogens with one attached hydrogen (secondary N) is 1. The third-order valence-electron chi connectivity index (χ3n) is 1.32. The molecule has 0 aromatic carbocycles. The lowest BCUT2D eigenvalue weighted by Gasteiger charge is -2.01. The number of hydrogen-bond acceptors (Lipinski definition) is 4. The molecule has 8 heteroatoms. The molecule has 1 aromatic rings. The topological polar surface area (TPSA) is 72.2 Å².